The van der Waals surface area contributed by atoms with E-state index < -0.39 is 5.60 Å². The molecular weight excluding hydrogens is 250 g/mol. The van der Waals surface area contributed by atoms with Gasteiger partial charge in [0.1, 0.15) is 5.75 Å². The molecule has 0 bridgehead atoms. The second kappa shape index (κ2) is 5.74. The van der Waals surface area contributed by atoms with Gasteiger partial charge in [-0.05, 0) is 62.3 Å². The fourth-order valence-corrected chi connectivity index (χ4v) is 3.38. The van der Waals surface area contributed by atoms with Crippen molar-refractivity contribution in [3.8, 4) is 5.75 Å². The molecular formula is C17H25NO2. The van der Waals surface area contributed by atoms with Crippen molar-refractivity contribution in [1.29, 1.82) is 0 Å². The molecule has 20 heavy (non-hydrogen) atoms. The minimum absolute atomic E-state index is 0.383. The molecule has 2 atom stereocenters. The molecule has 0 aliphatic carbocycles. The van der Waals surface area contributed by atoms with E-state index in [0.29, 0.717) is 5.92 Å². The molecule has 0 amide bonds. The molecule has 1 aromatic carbocycles. The first-order valence-corrected chi connectivity index (χ1v) is 7.83. The van der Waals surface area contributed by atoms with Crippen molar-refractivity contribution in [2.24, 2.45) is 5.92 Å². The van der Waals surface area contributed by atoms with Crippen molar-refractivity contribution in [1.82, 2.24) is 5.32 Å². The van der Waals surface area contributed by atoms with E-state index in [-0.39, 0.29) is 0 Å². The number of rotatable bonds is 4. The van der Waals surface area contributed by atoms with Crippen LogP contribution in [0.5, 0.6) is 5.75 Å². The summed E-state index contributed by atoms with van der Waals surface area (Å²) < 4.78 is 5.54. The highest BCUT2D eigenvalue weighted by molar-refractivity contribution is 5.39. The second-order valence-electron chi connectivity index (χ2n) is 6.44. The summed E-state index contributed by atoms with van der Waals surface area (Å²) in [6.07, 6.45) is 5.11. The van der Waals surface area contributed by atoms with Gasteiger partial charge in [0, 0.05) is 13.0 Å². The van der Waals surface area contributed by atoms with Crippen LogP contribution in [-0.4, -0.2) is 30.4 Å². The summed E-state index contributed by atoms with van der Waals surface area (Å²) in [7, 11) is 0. The second-order valence-corrected chi connectivity index (χ2v) is 6.44. The van der Waals surface area contributed by atoms with Gasteiger partial charge in [-0.2, -0.15) is 0 Å². The number of piperidine rings is 1. The van der Waals surface area contributed by atoms with E-state index in [4.69, 9.17) is 4.74 Å². The van der Waals surface area contributed by atoms with Crippen molar-refractivity contribution in [2.45, 2.75) is 44.6 Å². The van der Waals surface area contributed by atoms with Gasteiger partial charge in [-0.3, -0.25) is 0 Å². The average Bonchev–Trinajstić information content (AvgIpc) is 2.94. The molecule has 3 rings (SSSR count). The van der Waals surface area contributed by atoms with Gasteiger partial charge in [-0.1, -0.05) is 12.1 Å². The number of hydrogen-bond acceptors (Lipinski definition) is 3. The lowest BCUT2D eigenvalue weighted by Gasteiger charge is -2.36. The Bertz CT molecular complexity index is 464. The SMILES string of the molecule is CC(O)(CCc1ccc2c(c1)CCO2)C1CCCNC1. The van der Waals surface area contributed by atoms with Crippen molar-refractivity contribution >= 4 is 0 Å². The third kappa shape index (κ3) is 2.99. The lowest BCUT2D eigenvalue weighted by molar-refractivity contribution is -0.0176. The Labute approximate surface area is 121 Å². The number of ether oxygens (including phenoxy) is 1. The number of aryl methyl sites for hydroxylation is 1. The highest BCUT2D eigenvalue weighted by atomic mass is 16.5. The molecule has 110 valence electrons. The van der Waals surface area contributed by atoms with Gasteiger partial charge in [0.2, 0.25) is 0 Å². The summed E-state index contributed by atoms with van der Waals surface area (Å²) in [5.41, 5.74) is 2.07. The largest absolute Gasteiger partial charge is 0.493 e. The highest BCUT2D eigenvalue weighted by Gasteiger charge is 2.32. The van der Waals surface area contributed by atoms with Gasteiger partial charge in [0.25, 0.3) is 0 Å². The van der Waals surface area contributed by atoms with Crippen LogP contribution >= 0.6 is 0 Å². The summed E-state index contributed by atoms with van der Waals surface area (Å²) in [4.78, 5) is 0. The molecule has 2 heterocycles. The Morgan fingerprint density at radius 1 is 1.45 bits per heavy atom. The first kappa shape index (κ1) is 13.9. The standard InChI is InChI=1S/C17H25NO2/c1-17(19,15-3-2-9-18-12-15)8-6-13-4-5-16-14(11-13)7-10-20-16/h4-5,11,15,18-19H,2-3,6-10,12H2,1H3. The first-order valence-electron chi connectivity index (χ1n) is 7.83. The zero-order chi connectivity index (χ0) is 14.0. The molecule has 2 aliphatic rings. The fourth-order valence-electron chi connectivity index (χ4n) is 3.38. The van der Waals surface area contributed by atoms with Crippen LogP contribution in [0.4, 0.5) is 0 Å². The van der Waals surface area contributed by atoms with E-state index in [2.05, 4.69) is 23.5 Å². The minimum atomic E-state index is -0.567. The van der Waals surface area contributed by atoms with Crippen LogP contribution in [0.15, 0.2) is 18.2 Å². The summed E-state index contributed by atoms with van der Waals surface area (Å²) in [6, 6.07) is 6.46. The van der Waals surface area contributed by atoms with Gasteiger partial charge >= 0.3 is 0 Å². The third-order valence-corrected chi connectivity index (χ3v) is 4.85. The van der Waals surface area contributed by atoms with Crippen LogP contribution in [-0.2, 0) is 12.8 Å². The quantitative estimate of drug-likeness (QED) is 0.886. The first-order chi connectivity index (χ1) is 9.65. The Balaban J connectivity index is 1.60. The summed E-state index contributed by atoms with van der Waals surface area (Å²) >= 11 is 0. The van der Waals surface area contributed by atoms with Crippen LogP contribution in [0.25, 0.3) is 0 Å². The van der Waals surface area contributed by atoms with Crippen LogP contribution in [0.1, 0.15) is 37.3 Å². The van der Waals surface area contributed by atoms with Crippen LogP contribution in [0, 0.1) is 5.92 Å². The van der Waals surface area contributed by atoms with E-state index in [1.54, 1.807) is 0 Å². The maximum atomic E-state index is 10.7. The van der Waals surface area contributed by atoms with E-state index in [0.717, 1.165) is 51.1 Å². The summed E-state index contributed by atoms with van der Waals surface area (Å²) in [6.45, 7) is 4.85. The zero-order valence-electron chi connectivity index (χ0n) is 12.3. The van der Waals surface area contributed by atoms with E-state index in [9.17, 15) is 5.11 Å². The number of nitrogens with one attached hydrogen (secondary N) is 1. The molecule has 0 spiro atoms. The molecule has 1 saturated heterocycles. The number of hydrogen-bond donors (Lipinski definition) is 2. The topological polar surface area (TPSA) is 41.5 Å². The van der Waals surface area contributed by atoms with Crippen molar-refractivity contribution < 1.29 is 9.84 Å². The Kier molecular flexibility index (Phi) is 3.99. The zero-order valence-corrected chi connectivity index (χ0v) is 12.3. The maximum absolute atomic E-state index is 10.7. The minimum Gasteiger partial charge on any atom is -0.493 e. The fraction of sp³-hybridized carbons (Fsp3) is 0.647. The van der Waals surface area contributed by atoms with Crippen LogP contribution in [0.2, 0.25) is 0 Å². The highest BCUT2D eigenvalue weighted by Crippen LogP contribution is 2.30. The van der Waals surface area contributed by atoms with E-state index in [1.807, 2.05) is 6.92 Å². The molecule has 1 aromatic rings. The summed E-state index contributed by atoms with van der Waals surface area (Å²) in [5, 5.41) is 14.1. The predicted molar refractivity (Wildman–Crippen MR) is 80.2 cm³/mol. The maximum Gasteiger partial charge on any atom is 0.122 e. The van der Waals surface area contributed by atoms with Crippen LogP contribution in [0.3, 0.4) is 0 Å². The lowest BCUT2D eigenvalue weighted by Crippen LogP contribution is -2.44. The number of benzene rings is 1. The van der Waals surface area contributed by atoms with Crippen molar-refractivity contribution in [3.63, 3.8) is 0 Å². The third-order valence-electron chi connectivity index (χ3n) is 4.85. The molecule has 3 heteroatoms. The average molecular weight is 275 g/mol. The van der Waals surface area contributed by atoms with Crippen molar-refractivity contribution in [2.75, 3.05) is 19.7 Å². The van der Waals surface area contributed by atoms with E-state index >= 15 is 0 Å². The van der Waals surface area contributed by atoms with Crippen molar-refractivity contribution in [3.05, 3.63) is 29.3 Å². The normalized spacial score (nSPS) is 24.8. The van der Waals surface area contributed by atoms with Gasteiger partial charge in [0.05, 0.1) is 12.2 Å². The molecule has 2 unspecified atom stereocenters. The predicted octanol–water partition coefficient (Wildman–Crippen LogP) is 2.30. The molecule has 2 aliphatic heterocycles. The molecule has 0 radical (unpaired) electrons. The molecule has 3 nitrogen and oxygen atoms in total. The smallest absolute Gasteiger partial charge is 0.122 e. The lowest BCUT2D eigenvalue weighted by atomic mass is 9.80. The Hall–Kier alpha value is -1.06. The van der Waals surface area contributed by atoms with Gasteiger partial charge in [-0.25, -0.2) is 0 Å². The van der Waals surface area contributed by atoms with Crippen LogP contribution < -0.4 is 10.1 Å². The van der Waals surface area contributed by atoms with Gasteiger partial charge < -0.3 is 15.2 Å². The van der Waals surface area contributed by atoms with Gasteiger partial charge in [0.15, 0.2) is 0 Å². The monoisotopic (exact) mass is 275 g/mol. The molecule has 1 fully saturated rings. The molecule has 0 saturated carbocycles. The van der Waals surface area contributed by atoms with E-state index in [1.165, 1.54) is 17.5 Å². The molecule has 2 N–H and O–H groups in total. The van der Waals surface area contributed by atoms with Gasteiger partial charge in [-0.15, -0.1) is 0 Å². The Morgan fingerprint density at radius 3 is 3.15 bits per heavy atom. The Morgan fingerprint density at radius 2 is 2.35 bits per heavy atom. The number of aliphatic hydroxyl groups is 1. The number of fused-ring (bicyclic) bond motifs is 1. The molecule has 0 aromatic heterocycles. The summed E-state index contributed by atoms with van der Waals surface area (Å²) in [5.74, 6) is 1.42.